The second kappa shape index (κ2) is 7.80. The smallest absolute Gasteiger partial charge is 0.254 e. The molecule has 1 aliphatic rings. The van der Waals surface area contributed by atoms with Gasteiger partial charge in [-0.3, -0.25) is 14.2 Å². The average molecular weight is 377 g/mol. The van der Waals surface area contributed by atoms with Crippen molar-refractivity contribution in [3.63, 3.8) is 0 Å². The number of anilines is 1. The summed E-state index contributed by atoms with van der Waals surface area (Å²) in [7, 11) is 0. The van der Waals surface area contributed by atoms with Crippen molar-refractivity contribution in [3.8, 4) is 0 Å². The lowest BCUT2D eigenvalue weighted by atomic mass is 10.1. The zero-order valence-electron chi connectivity index (χ0n) is 14.7. The first-order chi connectivity index (χ1) is 13.2. The number of fused-ring (bicyclic) bond motifs is 1. The van der Waals surface area contributed by atoms with E-state index in [0.717, 1.165) is 11.3 Å². The van der Waals surface area contributed by atoms with Crippen LogP contribution < -0.4 is 10.5 Å². The molecule has 0 saturated heterocycles. The van der Waals surface area contributed by atoms with Crippen LogP contribution in [0.3, 0.4) is 0 Å². The number of carbonyl (C=O) groups is 1. The van der Waals surface area contributed by atoms with Crippen molar-refractivity contribution >= 4 is 23.4 Å². The average Bonchev–Trinajstić information content (AvgIpc) is 2.73. The Morgan fingerprint density at radius 1 is 1.07 bits per heavy atom. The standard InChI is InChI=1S/C21H19N3O2S/c25-19-11-12-22-21-24(19)14-17(15-27-21)20(26)23(18-9-5-2-6-10-18)13-16-7-3-1-4-8-16/h1-12,17H,13-15H2. The molecular formula is C21H19N3O2S. The van der Waals surface area contributed by atoms with Crippen LogP contribution in [0.1, 0.15) is 5.56 Å². The maximum Gasteiger partial charge on any atom is 0.254 e. The monoisotopic (exact) mass is 377 g/mol. The predicted molar refractivity (Wildman–Crippen MR) is 107 cm³/mol. The van der Waals surface area contributed by atoms with Gasteiger partial charge in [0, 0.05) is 30.2 Å². The van der Waals surface area contributed by atoms with Gasteiger partial charge < -0.3 is 4.90 Å². The lowest BCUT2D eigenvalue weighted by Crippen LogP contribution is -2.42. The molecule has 4 rings (SSSR count). The van der Waals surface area contributed by atoms with E-state index < -0.39 is 0 Å². The maximum absolute atomic E-state index is 13.4. The van der Waals surface area contributed by atoms with E-state index in [1.165, 1.54) is 24.0 Å². The number of nitrogens with zero attached hydrogens (tertiary/aromatic N) is 3. The second-order valence-corrected chi connectivity index (χ2v) is 7.42. The number of benzene rings is 2. The SMILES string of the molecule is O=C(C1CSc2nccc(=O)n2C1)N(Cc1ccccc1)c1ccccc1. The third-order valence-electron chi connectivity index (χ3n) is 4.58. The minimum atomic E-state index is -0.270. The molecule has 2 heterocycles. The molecule has 1 aromatic heterocycles. The molecule has 1 unspecified atom stereocenters. The van der Waals surface area contributed by atoms with Gasteiger partial charge in [-0.15, -0.1) is 0 Å². The summed E-state index contributed by atoms with van der Waals surface area (Å²) >= 11 is 1.46. The number of hydrogen-bond donors (Lipinski definition) is 0. The number of aromatic nitrogens is 2. The number of carbonyl (C=O) groups excluding carboxylic acids is 1. The van der Waals surface area contributed by atoms with E-state index in [2.05, 4.69) is 4.98 Å². The molecule has 6 heteroatoms. The zero-order valence-corrected chi connectivity index (χ0v) is 15.5. The number of para-hydroxylation sites is 1. The Labute approximate surface area is 161 Å². The summed E-state index contributed by atoms with van der Waals surface area (Å²) in [6.07, 6.45) is 1.52. The van der Waals surface area contributed by atoms with Gasteiger partial charge in [-0.05, 0) is 17.7 Å². The minimum absolute atomic E-state index is 0.0268. The predicted octanol–water partition coefficient (Wildman–Crippen LogP) is 3.20. The Hall–Kier alpha value is -2.86. The topological polar surface area (TPSA) is 55.2 Å². The molecule has 136 valence electrons. The van der Waals surface area contributed by atoms with Gasteiger partial charge in [-0.1, -0.05) is 60.3 Å². The van der Waals surface area contributed by atoms with Crippen LogP contribution in [0.15, 0.2) is 82.9 Å². The highest BCUT2D eigenvalue weighted by Gasteiger charge is 2.30. The summed E-state index contributed by atoms with van der Waals surface area (Å²) in [4.78, 5) is 31.6. The molecule has 2 aromatic carbocycles. The first-order valence-electron chi connectivity index (χ1n) is 8.81. The van der Waals surface area contributed by atoms with E-state index in [0.29, 0.717) is 24.0 Å². The number of rotatable bonds is 4. The molecular weight excluding hydrogens is 358 g/mol. The van der Waals surface area contributed by atoms with Gasteiger partial charge >= 0.3 is 0 Å². The summed E-state index contributed by atoms with van der Waals surface area (Å²) < 4.78 is 1.60. The summed E-state index contributed by atoms with van der Waals surface area (Å²) in [5, 5.41) is 0.681. The highest BCUT2D eigenvalue weighted by atomic mass is 32.2. The molecule has 5 nitrogen and oxygen atoms in total. The van der Waals surface area contributed by atoms with Gasteiger partial charge in [0.05, 0.1) is 12.5 Å². The minimum Gasteiger partial charge on any atom is -0.308 e. The Kier molecular flexibility index (Phi) is 5.07. The van der Waals surface area contributed by atoms with E-state index in [-0.39, 0.29) is 17.4 Å². The van der Waals surface area contributed by atoms with Gasteiger partial charge in [0.1, 0.15) is 0 Å². The Bertz CT molecular complexity index is 989. The molecule has 1 amide bonds. The largest absolute Gasteiger partial charge is 0.308 e. The highest BCUT2D eigenvalue weighted by molar-refractivity contribution is 7.99. The molecule has 27 heavy (non-hydrogen) atoms. The summed E-state index contributed by atoms with van der Waals surface area (Å²) in [6.45, 7) is 0.867. The fourth-order valence-corrected chi connectivity index (χ4v) is 4.24. The maximum atomic E-state index is 13.4. The lowest BCUT2D eigenvalue weighted by Gasteiger charge is -2.30. The Morgan fingerprint density at radius 2 is 1.78 bits per heavy atom. The van der Waals surface area contributed by atoms with E-state index in [9.17, 15) is 9.59 Å². The summed E-state index contributed by atoms with van der Waals surface area (Å²) in [5.41, 5.74) is 1.82. The van der Waals surface area contributed by atoms with Crippen LogP contribution >= 0.6 is 11.8 Å². The van der Waals surface area contributed by atoms with Crippen molar-refractivity contribution in [2.24, 2.45) is 5.92 Å². The van der Waals surface area contributed by atoms with Gasteiger partial charge in [0.2, 0.25) is 5.91 Å². The Balaban J connectivity index is 1.63. The fraction of sp³-hybridized carbons (Fsp3) is 0.190. The number of thioether (sulfide) groups is 1. The van der Waals surface area contributed by atoms with Crippen molar-refractivity contribution in [1.82, 2.24) is 9.55 Å². The second-order valence-electron chi connectivity index (χ2n) is 6.43. The molecule has 0 N–H and O–H groups in total. The van der Waals surface area contributed by atoms with Crippen LogP contribution in [-0.4, -0.2) is 21.2 Å². The van der Waals surface area contributed by atoms with E-state index in [4.69, 9.17) is 0 Å². The van der Waals surface area contributed by atoms with Crippen molar-refractivity contribution in [1.29, 1.82) is 0 Å². The van der Waals surface area contributed by atoms with Gasteiger partial charge in [-0.2, -0.15) is 0 Å². The molecule has 1 atom stereocenters. The molecule has 0 radical (unpaired) electrons. The molecule has 1 aliphatic heterocycles. The quantitative estimate of drug-likeness (QED) is 0.655. The Morgan fingerprint density at radius 3 is 2.52 bits per heavy atom. The van der Waals surface area contributed by atoms with Crippen molar-refractivity contribution in [3.05, 3.63) is 88.8 Å². The summed E-state index contributed by atoms with van der Waals surface area (Å²) in [5.74, 6) is 0.375. The highest BCUT2D eigenvalue weighted by Crippen LogP contribution is 2.28. The molecule has 0 saturated carbocycles. The van der Waals surface area contributed by atoms with Gasteiger partial charge in [0.25, 0.3) is 5.56 Å². The first-order valence-corrected chi connectivity index (χ1v) is 9.80. The molecule has 0 spiro atoms. The van der Waals surface area contributed by atoms with E-state index in [1.54, 1.807) is 4.57 Å². The van der Waals surface area contributed by atoms with Crippen molar-refractivity contribution in [2.75, 3.05) is 10.7 Å². The normalized spacial score (nSPS) is 15.8. The van der Waals surface area contributed by atoms with E-state index in [1.807, 2.05) is 65.6 Å². The van der Waals surface area contributed by atoms with Gasteiger partial charge in [0.15, 0.2) is 5.16 Å². The first kappa shape index (κ1) is 17.5. The molecule has 3 aromatic rings. The third-order valence-corrected chi connectivity index (χ3v) is 5.74. The molecule has 0 aliphatic carbocycles. The van der Waals surface area contributed by atoms with Crippen LogP contribution in [0.5, 0.6) is 0 Å². The van der Waals surface area contributed by atoms with Crippen molar-refractivity contribution in [2.45, 2.75) is 18.2 Å². The third kappa shape index (κ3) is 3.80. The number of amides is 1. The lowest BCUT2D eigenvalue weighted by molar-refractivity contribution is -0.122. The fourth-order valence-electron chi connectivity index (χ4n) is 3.19. The summed E-state index contributed by atoms with van der Waals surface area (Å²) in [6, 6.07) is 21.1. The van der Waals surface area contributed by atoms with Crippen LogP contribution in [0.25, 0.3) is 0 Å². The van der Waals surface area contributed by atoms with Crippen molar-refractivity contribution < 1.29 is 4.79 Å². The van der Waals surface area contributed by atoms with Crippen LogP contribution in [0, 0.1) is 5.92 Å². The van der Waals surface area contributed by atoms with Crippen LogP contribution in [0.4, 0.5) is 5.69 Å². The number of hydrogen-bond acceptors (Lipinski definition) is 4. The van der Waals surface area contributed by atoms with Crippen LogP contribution in [0.2, 0.25) is 0 Å². The van der Waals surface area contributed by atoms with Crippen LogP contribution in [-0.2, 0) is 17.9 Å². The van der Waals surface area contributed by atoms with E-state index >= 15 is 0 Å². The van der Waals surface area contributed by atoms with Gasteiger partial charge in [-0.25, -0.2) is 4.98 Å². The zero-order chi connectivity index (χ0) is 18.6. The molecule has 0 fully saturated rings. The molecule has 0 bridgehead atoms.